The molecule has 0 N–H and O–H groups in total. The highest BCUT2D eigenvalue weighted by Gasteiger charge is 2.23. The number of hydrogen-bond donors (Lipinski definition) is 0. The van der Waals surface area contributed by atoms with Gasteiger partial charge in [-0.05, 0) is 28.4 Å². The van der Waals surface area contributed by atoms with E-state index in [0.29, 0.717) is 17.6 Å². The maximum atomic E-state index is 12.3. The van der Waals surface area contributed by atoms with Gasteiger partial charge in [-0.3, -0.25) is 4.98 Å². The van der Waals surface area contributed by atoms with Gasteiger partial charge in [0.1, 0.15) is 4.90 Å². The molecule has 96 valence electrons. The number of aromatic nitrogens is 1. The van der Waals surface area contributed by atoms with Crippen molar-refractivity contribution in [2.24, 2.45) is 0 Å². The van der Waals surface area contributed by atoms with Gasteiger partial charge >= 0.3 is 0 Å². The number of rotatable bonds is 6. The largest absolute Gasteiger partial charge is 0.262 e. The van der Waals surface area contributed by atoms with Gasteiger partial charge in [0.25, 0.3) is 0 Å². The Morgan fingerprint density at radius 2 is 2.12 bits per heavy atom. The predicted octanol–water partition coefficient (Wildman–Crippen LogP) is 2.48. The smallest absolute Gasteiger partial charge is 0.244 e. The summed E-state index contributed by atoms with van der Waals surface area (Å²) in [5.74, 6) is 0.278. The summed E-state index contributed by atoms with van der Waals surface area (Å²) in [6.07, 6.45) is 3.64. The molecule has 0 unspecified atom stereocenters. The molecule has 0 amide bonds. The number of sulfonamides is 1. The van der Waals surface area contributed by atoms with E-state index in [0.717, 1.165) is 6.42 Å². The molecule has 0 aliphatic carbocycles. The van der Waals surface area contributed by atoms with Crippen LogP contribution >= 0.6 is 27.5 Å². The molecule has 4 nitrogen and oxygen atoms in total. The van der Waals surface area contributed by atoms with Crippen molar-refractivity contribution in [1.82, 2.24) is 9.29 Å². The van der Waals surface area contributed by atoms with E-state index in [2.05, 4.69) is 20.9 Å². The Labute approximate surface area is 115 Å². The van der Waals surface area contributed by atoms with Crippen molar-refractivity contribution in [3.63, 3.8) is 0 Å². The zero-order valence-corrected chi connectivity index (χ0v) is 12.6. The van der Waals surface area contributed by atoms with Crippen molar-refractivity contribution >= 4 is 37.6 Å². The lowest BCUT2D eigenvalue weighted by Gasteiger charge is -2.20. The minimum absolute atomic E-state index is 0.186. The maximum Gasteiger partial charge on any atom is 0.244 e. The summed E-state index contributed by atoms with van der Waals surface area (Å²) in [4.78, 5) is 4.05. The summed E-state index contributed by atoms with van der Waals surface area (Å²) in [5.41, 5.74) is 0. The van der Waals surface area contributed by atoms with Gasteiger partial charge in [0, 0.05) is 35.8 Å². The molecular formula is C10H14BrClN2O2S. The van der Waals surface area contributed by atoms with Crippen LogP contribution in [-0.4, -0.2) is 36.7 Å². The van der Waals surface area contributed by atoms with E-state index in [1.807, 2.05) is 6.92 Å². The maximum absolute atomic E-state index is 12.3. The lowest BCUT2D eigenvalue weighted by atomic mass is 10.5. The molecule has 1 heterocycles. The van der Waals surface area contributed by atoms with Crippen LogP contribution in [0.3, 0.4) is 0 Å². The quantitative estimate of drug-likeness (QED) is 0.747. The van der Waals surface area contributed by atoms with Crippen LogP contribution in [0.4, 0.5) is 0 Å². The predicted molar refractivity (Wildman–Crippen MR) is 71.7 cm³/mol. The average molecular weight is 342 g/mol. The van der Waals surface area contributed by atoms with Gasteiger partial charge in [-0.2, -0.15) is 4.31 Å². The van der Waals surface area contributed by atoms with Crippen LogP contribution in [0.25, 0.3) is 0 Å². The molecule has 0 atom stereocenters. The third-order valence-corrected chi connectivity index (χ3v) is 4.59. The summed E-state index contributed by atoms with van der Waals surface area (Å²) in [7, 11) is -3.49. The van der Waals surface area contributed by atoms with Crippen molar-refractivity contribution < 1.29 is 8.42 Å². The molecule has 17 heavy (non-hydrogen) atoms. The summed E-state index contributed by atoms with van der Waals surface area (Å²) in [5, 5.41) is 0. The average Bonchev–Trinajstić information content (AvgIpc) is 2.29. The Bertz CT molecular complexity index is 461. The van der Waals surface area contributed by atoms with Crippen LogP contribution in [0.15, 0.2) is 27.8 Å². The molecular weight excluding hydrogens is 328 g/mol. The number of alkyl halides is 1. The first-order chi connectivity index (χ1) is 8.02. The molecule has 0 bridgehead atoms. The van der Waals surface area contributed by atoms with Crippen molar-refractivity contribution in [2.45, 2.75) is 18.2 Å². The molecule has 0 saturated heterocycles. The first kappa shape index (κ1) is 14.9. The topological polar surface area (TPSA) is 50.3 Å². The zero-order valence-electron chi connectivity index (χ0n) is 9.44. The van der Waals surface area contributed by atoms with Gasteiger partial charge < -0.3 is 0 Å². The third kappa shape index (κ3) is 3.91. The highest BCUT2D eigenvalue weighted by Crippen LogP contribution is 2.18. The summed E-state index contributed by atoms with van der Waals surface area (Å²) in [6.45, 7) is 2.70. The summed E-state index contributed by atoms with van der Waals surface area (Å²) < 4.78 is 26.6. The van der Waals surface area contributed by atoms with Gasteiger partial charge in [0.15, 0.2) is 0 Å². The highest BCUT2D eigenvalue weighted by atomic mass is 79.9. The fourth-order valence-electron chi connectivity index (χ4n) is 1.38. The fraction of sp³-hybridized carbons (Fsp3) is 0.500. The first-order valence-corrected chi connectivity index (χ1v) is 7.95. The minimum Gasteiger partial charge on any atom is -0.262 e. The Kier molecular flexibility index (Phi) is 5.85. The molecule has 1 aromatic rings. The van der Waals surface area contributed by atoms with Crippen LogP contribution in [0.2, 0.25) is 0 Å². The molecule has 7 heteroatoms. The zero-order chi connectivity index (χ0) is 12.9. The van der Waals surface area contributed by atoms with Crippen LogP contribution in [-0.2, 0) is 10.0 Å². The molecule has 0 radical (unpaired) electrons. The minimum atomic E-state index is -3.49. The van der Waals surface area contributed by atoms with Gasteiger partial charge in [-0.25, -0.2) is 8.42 Å². The van der Waals surface area contributed by atoms with E-state index in [-0.39, 0.29) is 10.8 Å². The number of hydrogen-bond acceptors (Lipinski definition) is 3. The van der Waals surface area contributed by atoms with Crippen molar-refractivity contribution in [3.8, 4) is 0 Å². The third-order valence-electron chi connectivity index (χ3n) is 2.12. The van der Waals surface area contributed by atoms with E-state index in [1.165, 1.54) is 10.5 Å². The van der Waals surface area contributed by atoms with Crippen LogP contribution in [0.5, 0.6) is 0 Å². The second-order valence-electron chi connectivity index (χ2n) is 3.43. The van der Waals surface area contributed by atoms with Crippen LogP contribution in [0.1, 0.15) is 13.3 Å². The van der Waals surface area contributed by atoms with Crippen LogP contribution in [0, 0.1) is 0 Å². The van der Waals surface area contributed by atoms with Gasteiger partial charge in [-0.15, -0.1) is 11.6 Å². The van der Waals surface area contributed by atoms with Gasteiger partial charge in [0.05, 0.1) is 0 Å². The molecule has 1 aromatic heterocycles. The molecule has 1 rings (SSSR count). The second kappa shape index (κ2) is 6.68. The monoisotopic (exact) mass is 340 g/mol. The Morgan fingerprint density at radius 3 is 2.65 bits per heavy atom. The Balaban J connectivity index is 3.07. The van der Waals surface area contributed by atoms with E-state index in [4.69, 9.17) is 11.6 Å². The van der Waals surface area contributed by atoms with Crippen molar-refractivity contribution in [3.05, 3.63) is 22.9 Å². The number of nitrogens with zero attached hydrogens (tertiary/aromatic N) is 2. The summed E-state index contributed by atoms with van der Waals surface area (Å²) >= 11 is 8.84. The number of halogens is 2. The van der Waals surface area contributed by atoms with Crippen molar-refractivity contribution in [2.75, 3.05) is 19.0 Å². The molecule has 0 aliphatic heterocycles. The SMILES string of the molecule is CCCN(CCCl)S(=O)(=O)c1cncc(Br)c1. The molecule has 0 spiro atoms. The lowest BCUT2D eigenvalue weighted by molar-refractivity contribution is 0.428. The number of pyridine rings is 1. The molecule has 0 aromatic carbocycles. The first-order valence-electron chi connectivity index (χ1n) is 5.19. The second-order valence-corrected chi connectivity index (χ2v) is 6.66. The van der Waals surface area contributed by atoms with Crippen molar-refractivity contribution in [1.29, 1.82) is 0 Å². The van der Waals surface area contributed by atoms with Gasteiger partial charge in [-0.1, -0.05) is 6.92 Å². The van der Waals surface area contributed by atoms with E-state index >= 15 is 0 Å². The lowest BCUT2D eigenvalue weighted by Crippen LogP contribution is -2.33. The van der Waals surface area contributed by atoms with E-state index in [9.17, 15) is 8.42 Å². The fourth-order valence-corrected chi connectivity index (χ4v) is 3.72. The van der Waals surface area contributed by atoms with Crippen LogP contribution < -0.4 is 0 Å². The highest BCUT2D eigenvalue weighted by molar-refractivity contribution is 9.10. The normalized spacial score (nSPS) is 12.0. The van der Waals surface area contributed by atoms with Gasteiger partial charge in [0.2, 0.25) is 10.0 Å². The Morgan fingerprint density at radius 1 is 1.41 bits per heavy atom. The molecule has 0 saturated carbocycles. The molecule has 0 aliphatic rings. The standard InChI is InChI=1S/C10H14BrClN2O2S/c1-2-4-14(5-3-12)17(15,16)10-6-9(11)7-13-8-10/h6-8H,2-5H2,1H3. The summed E-state index contributed by atoms with van der Waals surface area (Å²) in [6, 6.07) is 1.54. The molecule has 0 fully saturated rings. The van der Waals surface area contributed by atoms with E-state index < -0.39 is 10.0 Å². The van der Waals surface area contributed by atoms with E-state index in [1.54, 1.807) is 12.3 Å². The Hall–Kier alpha value is -0.170.